The first kappa shape index (κ1) is 13.1. The van der Waals surface area contributed by atoms with Crippen molar-refractivity contribution < 1.29 is 9.32 Å². The van der Waals surface area contributed by atoms with Gasteiger partial charge in [0, 0.05) is 13.6 Å². The van der Waals surface area contributed by atoms with Crippen molar-refractivity contribution in [2.24, 2.45) is 0 Å². The van der Waals surface area contributed by atoms with E-state index in [0.717, 1.165) is 5.56 Å². The highest BCUT2D eigenvalue weighted by Gasteiger charge is 2.10. The number of aromatic nitrogens is 2. The van der Waals surface area contributed by atoms with Gasteiger partial charge in [-0.2, -0.15) is 4.98 Å². The van der Waals surface area contributed by atoms with Gasteiger partial charge in [-0.1, -0.05) is 35.5 Å². The van der Waals surface area contributed by atoms with Crippen LogP contribution in [0.25, 0.3) is 0 Å². The molecule has 0 bridgehead atoms. The summed E-state index contributed by atoms with van der Waals surface area (Å²) in [5.74, 6) is 0.959. The maximum atomic E-state index is 11.9. The van der Waals surface area contributed by atoms with E-state index in [1.54, 1.807) is 18.9 Å². The highest BCUT2D eigenvalue weighted by molar-refractivity contribution is 5.73. The number of amides is 2. The predicted octanol–water partition coefficient (Wildman–Crippen LogP) is 1.72. The third kappa shape index (κ3) is 3.80. The van der Waals surface area contributed by atoms with Gasteiger partial charge in [0.25, 0.3) is 0 Å². The molecule has 0 fully saturated rings. The fraction of sp³-hybridized carbons (Fsp3) is 0.308. The average molecular weight is 260 g/mol. The van der Waals surface area contributed by atoms with Crippen molar-refractivity contribution in [3.63, 3.8) is 0 Å². The minimum absolute atomic E-state index is 0.181. The molecule has 1 aromatic carbocycles. The van der Waals surface area contributed by atoms with Gasteiger partial charge in [0.1, 0.15) is 0 Å². The van der Waals surface area contributed by atoms with Crippen LogP contribution in [0.4, 0.5) is 4.79 Å². The summed E-state index contributed by atoms with van der Waals surface area (Å²) in [6.07, 6.45) is 0. The Labute approximate surface area is 111 Å². The van der Waals surface area contributed by atoms with Crippen LogP contribution in [0, 0.1) is 6.92 Å². The zero-order valence-corrected chi connectivity index (χ0v) is 11.0. The molecule has 2 amide bonds. The standard InChI is InChI=1S/C13H16N4O2/c1-10-15-12(19-16-10)8-14-13(18)17(2)9-11-6-4-3-5-7-11/h3-7H,8-9H2,1-2H3,(H,14,18). The highest BCUT2D eigenvalue weighted by atomic mass is 16.5. The van der Waals surface area contributed by atoms with E-state index in [2.05, 4.69) is 15.5 Å². The SMILES string of the molecule is Cc1noc(CNC(=O)N(C)Cc2ccccc2)n1. The molecule has 1 N–H and O–H groups in total. The van der Waals surface area contributed by atoms with Crippen LogP contribution in [0.15, 0.2) is 34.9 Å². The second kappa shape index (κ2) is 5.99. The molecule has 1 aromatic heterocycles. The summed E-state index contributed by atoms with van der Waals surface area (Å²) >= 11 is 0. The minimum atomic E-state index is -0.181. The topological polar surface area (TPSA) is 71.3 Å². The Hall–Kier alpha value is -2.37. The predicted molar refractivity (Wildman–Crippen MR) is 69.2 cm³/mol. The summed E-state index contributed by atoms with van der Waals surface area (Å²) in [5, 5.41) is 6.38. The number of carbonyl (C=O) groups is 1. The molecule has 0 unspecified atom stereocenters. The van der Waals surface area contributed by atoms with Crippen molar-refractivity contribution >= 4 is 6.03 Å². The van der Waals surface area contributed by atoms with Gasteiger partial charge in [0.05, 0.1) is 6.54 Å². The number of rotatable bonds is 4. The summed E-state index contributed by atoms with van der Waals surface area (Å²) in [4.78, 5) is 17.5. The lowest BCUT2D eigenvalue weighted by atomic mass is 10.2. The number of carbonyl (C=O) groups excluding carboxylic acids is 1. The molecular weight excluding hydrogens is 244 g/mol. The summed E-state index contributed by atoms with van der Waals surface area (Å²) in [5.41, 5.74) is 1.08. The Morgan fingerprint density at radius 1 is 1.37 bits per heavy atom. The van der Waals surface area contributed by atoms with Gasteiger partial charge in [0.15, 0.2) is 5.82 Å². The van der Waals surface area contributed by atoms with E-state index in [-0.39, 0.29) is 12.6 Å². The Balaban J connectivity index is 1.82. The van der Waals surface area contributed by atoms with Crippen LogP contribution in [0.3, 0.4) is 0 Å². The molecule has 0 saturated carbocycles. The lowest BCUT2D eigenvalue weighted by Crippen LogP contribution is -2.36. The van der Waals surface area contributed by atoms with Gasteiger partial charge in [-0.15, -0.1) is 0 Å². The molecule has 19 heavy (non-hydrogen) atoms. The number of nitrogens with one attached hydrogen (secondary N) is 1. The van der Waals surface area contributed by atoms with E-state index >= 15 is 0 Å². The molecule has 0 saturated heterocycles. The second-order valence-electron chi connectivity index (χ2n) is 4.24. The first-order valence-corrected chi connectivity index (χ1v) is 5.97. The van der Waals surface area contributed by atoms with Crippen LogP contribution < -0.4 is 5.32 Å². The molecule has 1 heterocycles. The smallest absolute Gasteiger partial charge is 0.317 e. The van der Waals surface area contributed by atoms with Gasteiger partial charge in [-0.05, 0) is 12.5 Å². The van der Waals surface area contributed by atoms with Crippen LogP contribution in [0.5, 0.6) is 0 Å². The van der Waals surface area contributed by atoms with E-state index in [4.69, 9.17) is 4.52 Å². The van der Waals surface area contributed by atoms with Gasteiger partial charge in [0.2, 0.25) is 5.89 Å². The maximum absolute atomic E-state index is 11.9. The largest absolute Gasteiger partial charge is 0.337 e. The van der Waals surface area contributed by atoms with E-state index in [1.807, 2.05) is 30.3 Å². The molecule has 6 nitrogen and oxygen atoms in total. The Morgan fingerprint density at radius 3 is 2.74 bits per heavy atom. The van der Waals surface area contributed by atoms with Gasteiger partial charge in [-0.3, -0.25) is 0 Å². The van der Waals surface area contributed by atoms with E-state index in [0.29, 0.717) is 18.3 Å². The second-order valence-corrected chi connectivity index (χ2v) is 4.24. The number of hydrogen-bond donors (Lipinski definition) is 1. The van der Waals surface area contributed by atoms with E-state index < -0.39 is 0 Å². The maximum Gasteiger partial charge on any atom is 0.317 e. The summed E-state index contributed by atoms with van der Waals surface area (Å²) < 4.78 is 4.92. The van der Waals surface area contributed by atoms with Crippen LogP contribution in [-0.2, 0) is 13.1 Å². The number of aryl methyl sites for hydroxylation is 1. The van der Waals surface area contributed by atoms with Crippen LogP contribution in [0.1, 0.15) is 17.3 Å². The Bertz CT molecular complexity index is 539. The zero-order valence-electron chi connectivity index (χ0n) is 11.0. The molecule has 0 aliphatic carbocycles. The summed E-state index contributed by atoms with van der Waals surface area (Å²) in [7, 11) is 1.74. The number of hydrogen-bond acceptors (Lipinski definition) is 4. The van der Waals surface area contributed by atoms with E-state index in [9.17, 15) is 4.79 Å². The number of benzene rings is 1. The van der Waals surface area contributed by atoms with Crippen LogP contribution in [0.2, 0.25) is 0 Å². The van der Waals surface area contributed by atoms with Crippen molar-refractivity contribution in [2.75, 3.05) is 7.05 Å². The summed E-state index contributed by atoms with van der Waals surface area (Å²) in [6, 6.07) is 9.61. The average Bonchev–Trinajstić information content (AvgIpc) is 2.83. The molecule has 0 spiro atoms. The molecular formula is C13H16N4O2. The number of nitrogens with zero attached hydrogens (tertiary/aromatic N) is 3. The van der Waals surface area contributed by atoms with Crippen molar-refractivity contribution in [3.05, 3.63) is 47.6 Å². The Morgan fingerprint density at radius 2 is 2.11 bits per heavy atom. The number of urea groups is 1. The van der Waals surface area contributed by atoms with Crippen LogP contribution >= 0.6 is 0 Å². The zero-order chi connectivity index (χ0) is 13.7. The molecule has 0 atom stereocenters. The lowest BCUT2D eigenvalue weighted by molar-refractivity contribution is 0.204. The molecule has 6 heteroatoms. The third-order valence-corrected chi connectivity index (χ3v) is 2.57. The van der Waals surface area contributed by atoms with Crippen LogP contribution in [-0.4, -0.2) is 28.1 Å². The van der Waals surface area contributed by atoms with Crippen molar-refractivity contribution in [2.45, 2.75) is 20.0 Å². The van der Waals surface area contributed by atoms with Gasteiger partial charge < -0.3 is 14.7 Å². The minimum Gasteiger partial charge on any atom is -0.337 e. The molecule has 0 radical (unpaired) electrons. The quantitative estimate of drug-likeness (QED) is 0.908. The van der Waals surface area contributed by atoms with Gasteiger partial charge in [-0.25, -0.2) is 4.79 Å². The first-order chi connectivity index (χ1) is 9.15. The lowest BCUT2D eigenvalue weighted by Gasteiger charge is -2.17. The van der Waals surface area contributed by atoms with Crippen molar-refractivity contribution in [1.29, 1.82) is 0 Å². The molecule has 0 aliphatic rings. The molecule has 100 valence electrons. The molecule has 0 aliphatic heterocycles. The third-order valence-electron chi connectivity index (χ3n) is 2.57. The fourth-order valence-corrected chi connectivity index (χ4v) is 1.63. The highest BCUT2D eigenvalue weighted by Crippen LogP contribution is 2.03. The molecule has 2 aromatic rings. The normalized spacial score (nSPS) is 10.2. The fourth-order valence-electron chi connectivity index (χ4n) is 1.63. The Kier molecular flexibility index (Phi) is 4.12. The van der Waals surface area contributed by atoms with E-state index in [1.165, 1.54) is 0 Å². The van der Waals surface area contributed by atoms with Crippen molar-refractivity contribution in [3.8, 4) is 0 Å². The summed E-state index contributed by atoms with van der Waals surface area (Å²) in [6.45, 7) is 2.52. The molecule has 2 rings (SSSR count). The van der Waals surface area contributed by atoms with Gasteiger partial charge >= 0.3 is 6.03 Å². The first-order valence-electron chi connectivity index (χ1n) is 5.97. The monoisotopic (exact) mass is 260 g/mol. The van der Waals surface area contributed by atoms with Crippen molar-refractivity contribution in [1.82, 2.24) is 20.4 Å².